The minimum absolute atomic E-state index is 0.217. The summed E-state index contributed by atoms with van der Waals surface area (Å²) < 4.78 is 75.7. The Kier molecular flexibility index (Phi) is 10.3. The van der Waals surface area contributed by atoms with Crippen LogP contribution in [0, 0.1) is 5.92 Å². The number of carbonyl (C=O) groups is 2. The Bertz CT molecular complexity index is 795. The zero-order chi connectivity index (χ0) is 26.2. The van der Waals surface area contributed by atoms with Crippen LogP contribution in [-0.2, 0) is 25.7 Å². The number of carboxylic acids is 2. The average molecular weight is 516 g/mol. The number of pyridine rings is 1. The standard InChI is InChI=1S/C17H24N2O2.2C2HF3O2/c1-3-14(9-18-7-1)12-21-16-11-19(10-13-5-6-13)15-4-2-8-20-17(15)16;2*3-2(4,5)1(6)7/h1,3,7,9,13,15-17H,2,4-6,8,10-12H2;2*(H,6,7)/t15-,16+,17-;;/m0../s1. The molecule has 0 radical (unpaired) electrons. The number of aliphatic carboxylic acids is 2. The smallest absolute Gasteiger partial charge is 0.475 e. The maximum atomic E-state index is 10.6. The van der Waals surface area contributed by atoms with E-state index in [1.807, 2.05) is 12.3 Å². The Morgan fingerprint density at radius 3 is 2.17 bits per heavy atom. The molecule has 1 saturated carbocycles. The van der Waals surface area contributed by atoms with Crippen LogP contribution in [0.15, 0.2) is 24.5 Å². The second kappa shape index (κ2) is 12.5. The van der Waals surface area contributed by atoms with Gasteiger partial charge in [-0.3, -0.25) is 9.88 Å². The number of hydrogen-bond donors (Lipinski definition) is 2. The number of alkyl halides is 6. The van der Waals surface area contributed by atoms with Gasteiger partial charge in [-0.25, -0.2) is 9.59 Å². The highest BCUT2D eigenvalue weighted by Gasteiger charge is 2.46. The summed E-state index contributed by atoms with van der Waals surface area (Å²) in [6, 6.07) is 4.62. The summed E-state index contributed by atoms with van der Waals surface area (Å²) in [7, 11) is 0. The molecule has 0 unspecified atom stereocenters. The number of fused-ring (bicyclic) bond motifs is 1. The maximum absolute atomic E-state index is 10.6. The highest BCUT2D eigenvalue weighted by molar-refractivity contribution is 5.73. The van der Waals surface area contributed by atoms with Crippen molar-refractivity contribution in [2.24, 2.45) is 5.92 Å². The molecule has 14 heteroatoms. The molecule has 0 aromatic carbocycles. The van der Waals surface area contributed by atoms with Crippen molar-refractivity contribution in [1.29, 1.82) is 0 Å². The van der Waals surface area contributed by atoms with Crippen LogP contribution in [0.1, 0.15) is 31.2 Å². The summed E-state index contributed by atoms with van der Waals surface area (Å²) in [5.74, 6) is -4.58. The third-order valence-electron chi connectivity index (χ3n) is 5.45. The van der Waals surface area contributed by atoms with Gasteiger partial charge in [0.25, 0.3) is 0 Å². The molecule has 2 N–H and O–H groups in total. The molecule has 35 heavy (non-hydrogen) atoms. The largest absolute Gasteiger partial charge is 0.490 e. The zero-order valence-corrected chi connectivity index (χ0v) is 18.5. The molecule has 3 heterocycles. The summed E-state index contributed by atoms with van der Waals surface area (Å²) in [6.45, 7) is 3.82. The van der Waals surface area contributed by atoms with Crippen molar-refractivity contribution in [3.05, 3.63) is 30.1 Å². The Morgan fingerprint density at radius 2 is 1.69 bits per heavy atom. The number of carboxylic acid groups (broad SMARTS) is 2. The first-order valence-corrected chi connectivity index (χ1v) is 10.8. The van der Waals surface area contributed by atoms with Gasteiger partial charge in [0.05, 0.1) is 12.7 Å². The molecule has 2 saturated heterocycles. The summed E-state index contributed by atoms with van der Waals surface area (Å²) in [5.41, 5.74) is 1.14. The van der Waals surface area contributed by atoms with Crippen LogP contribution >= 0.6 is 0 Å². The molecule has 0 spiro atoms. The Morgan fingerprint density at radius 1 is 1.09 bits per heavy atom. The van der Waals surface area contributed by atoms with Gasteiger partial charge in [0, 0.05) is 38.1 Å². The lowest BCUT2D eigenvalue weighted by Crippen LogP contribution is -2.42. The summed E-state index contributed by atoms with van der Waals surface area (Å²) in [4.78, 5) is 24.6. The van der Waals surface area contributed by atoms with Crippen molar-refractivity contribution in [3.8, 4) is 0 Å². The minimum Gasteiger partial charge on any atom is -0.475 e. The van der Waals surface area contributed by atoms with E-state index in [9.17, 15) is 26.3 Å². The van der Waals surface area contributed by atoms with Crippen LogP contribution in [0.25, 0.3) is 0 Å². The first-order valence-electron chi connectivity index (χ1n) is 10.8. The number of nitrogens with zero attached hydrogens (tertiary/aromatic N) is 2. The van der Waals surface area contributed by atoms with E-state index in [0.717, 1.165) is 24.6 Å². The fraction of sp³-hybridized carbons (Fsp3) is 0.667. The number of hydrogen-bond acceptors (Lipinski definition) is 6. The number of aromatic nitrogens is 1. The highest BCUT2D eigenvalue weighted by atomic mass is 19.4. The van der Waals surface area contributed by atoms with Crippen molar-refractivity contribution in [2.45, 2.75) is 62.9 Å². The topological polar surface area (TPSA) is 109 Å². The summed E-state index contributed by atoms with van der Waals surface area (Å²) in [5, 5.41) is 14.2. The van der Waals surface area contributed by atoms with E-state index >= 15 is 0 Å². The number of rotatable bonds is 5. The van der Waals surface area contributed by atoms with Gasteiger partial charge >= 0.3 is 24.3 Å². The van der Waals surface area contributed by atoms with Gasteiger partial charge in [-0.05, 0) is 43.2 Å². The summed E-state index contributed by atoms with van der Waals surface area (Å²) >= 11 is 0. The zero-order valence-electron chi connectivity index (χ0n) is 18.5. The van der Waals surface area contributed by atoms with Crippen molar-refractivity contribution in [3.63, 3.8) is 0 Å². The molecule has 3 atom stereocenters. The number of halogens is 6. The van der Waals surface area contributed by atoms with Crippen LogP contribution in [0.4, 0.5) is 26.3 Å². The van der Waals surface area contributed by atoms with E-state index < -0.39 is 24.3 Å². The van der Waals surface area contributed by atoms with Crippen molar-refractivity contribution < 1.29 is 55.6 Å². The molecule has 4 rings (SSSR count). The van der Waals surface area contributed by atoms with Gasteiger partial charge in [-0.15, -0.1) is 0 Å². The quantitative estimate of drug-likeness (QED) is 0.573. The molecule has 0 amide bonds. The molecule has 1 aromatic heterocycles. The highest BCUT2D eigenvalue weighted by Crippen LogP contribution is 2.36. The molecule has 3 fully saturated rings. The molecular formula is C21H26F6N2O6. The average Bonchev–Trinajstić information content (AvgIpc) is 3.53. The molecular weight excluding hydrogens is 490 g/mol. The fourth-order valence-electron chi connectivity index (χ4n) is 3.68. The third kappa shape index (κ3) is 9.98. The lowest BCUT2D eigenvalue weighted by molar-refractivity contribution is -0.193. The van der Waals surface area contributed by atoms with Crippen LogP contribution in [-0.4, -0.2) is 82.3 Å². The van der Waals surface area contributed by atoms with Gasteiger partial charge in [0.15, 0.2) is 0 Å². The molecule has 8 nitrogen and oxygen atoms in total. The van der Waals surface area contributed by atoms with Crippen LogP contribution in [0.3, 0.4) is 0 Å². The van der Waals surface area contributed by atoms with E-state index in [0.29, 0.717) is 12.6 Å². The summed E-state index contributed by atoms with van der Waals surface area (Å²) in [6.07, 6.45) is -0.705. The van der Waals surface area contributed by atoms with E-state index in [1.165, 1.54) is 32.2 Å². The predicted molar refractivity (Wildman–Crippen MR) is 107 cm³/mol. The third-order valence-corrected chi connectivity index (χ3v) is 5.45. The lowest BCUT2D eigenvalue weighted by atomic mass is 10.0. The van der Waals surface area contributed by atoms with Crippen molar-refractivity contribution in [2.75, 3.05) is 19.7 Å². The normalized spacial score (nSPS) is 24.3. The molecule has 1 aliphatic carbocycles. The molecule has 3 aliphatic rings. The van der Waals surface area contributed by atoms with E-state index in [4.69, 9.17) is 29.3 Å². The maximum Gasteiger partial charge on any atom is 0.490 e. The fourth-order valence-corrected chi connectivity index (χ4v) is 3.68. The van der Waals surface area contributed by atoms with Gasteiger partial charge < -0.3 is 19.7 Å². The van der Waals surface area contributed by atoms with Crippen LogP contribution in [0.2, 0.25) is 0 Å². The van der Waals surface area contributed by atoms with Crippen molar-refractivity contribution in [1.82, 2.24) is 9.88 Å². The Labute approximate surface area is 196 Å². The predicted octanol–water partition coefficient (Wildman–Crippen LogP) is 3.51. The van der Waals surface area contributed by atoms with E-state index in [1.54, 1.807) is 6.20 Å². The van der Waals surface area contributed by atoms with Gasteiger partial charge in [0.2, 0.25) is 0 Å². The first kappa shape index (κ1) is 28.8. The van der Waals surface area contributed by atoms with Gasteiger partial charge in [-0.2, -0.15) is 26.3 Å². The van der Waals surface area contributed by atoms with Gasteiger partial charge in [0.1, 0.15) is 6.10 Å². The molecule has 198 valence electrons. The second-order valence-electron chi connectivity index (χ2n) is 8.26. The molecule has 1 aromatic rings. The van der Waals surface area contributed by atoms with Crippen molar-refractivity contribution >= 4 is 11.9 Å². The lowest BCUT2D eigenvalue weighted by Gasteiger charge is -2.32. The molecule has 2 aliphatic heterocycles. The number of ether oxygens (including phenoxy) is 2. The van der Waals surface area contributed by atoms with E-state index in [2.05, 4.69) is 16.0 Å². The van der Waals surface area contributed by atoms with Crippen LogP contribution in [0.5, 0.6) is 0 Å². The Hall–Kier alpha value is -2.45. The monoisotopic (exact) mass is 516 g/mol. The van der Waals surface area contributed by atoms with Crippen LogP contribution < -0.4 is 0 Å². The second-order valence-corrected chi connectivity index (χ2v) is 8.26. The Balaban J connectivity index is 0.000000257. The van der Waals surface area contributed by atoms with Gasteiger partial charge in [-0.1, -0.05) is 6.07 Å². The number of likely N-dealkylation sites (tertiary alicyclic amines) is 1. The van der Waals surface area contributed by atoms with E-state index in [-0.39, 0.29) is 12.2 Å². The first-order chi connectivity index (χ1) is 16.3. The minimum atomic E-state index is -5.08. The SMILES string of the molecule is O=C(O)C(F)(F)F.O=C(O)C(F)(F)F.c1cncc(CO[C@@H]2CN(CC3CC3)[C@H]3CCCO[C@H]23)c1. The molecule has 0 bridgehead atoms.